The Morgan fingerprint density at radius 3 is 0.615 bits per heavy atom. The van der Waals surface area contributed by atoms with Gasteiger partial charge >= 0.3 is 154 Å². The van der Waals surface area contributed by atoms with Gasteiger partial charge in [-0.1, -0.05) is 0 Å². The summed E-state index contributed by atoms with van der Waals surface area (Å²) in [4.78, 5) is 36.0. The average Bonchev–Trinajstić information content (AvgIpc) is 2.13. The van der Waals surface area contributed by atoms with Gasteiger partial charge in [-0.05, 0) is 0 Å². The Morgan fingerprint density at radius 2 is 0.615 bits per heavy atom. The summed E-state index contributed by atoms with van der Waals surface area (Å²) in [7, 11) is 0. The van der Waals surface area contributed by atoms with Crippen molar-refractivity contribution < 1.29 is 214 Å². The van der Waals surface area contributed by atoms with E-state index in [9.17, 15) is 0 Å². The minimum absolute atomic E-state index is 0. The van der Waals surface area contributed by atoms with Gasteiger partial charge in [-0.3, -0.25) is 19.2 Å². The molecule has 0 amide bonds. The van der Waals surface area contributed by atoms with Crippen LogP contribution >= 0.6 is 0 Å². The quantitative estimate of drug-likeness (QED) is 0.195. The van der Waals surface area contributed by atoms with E-state index in [1.165, 1.54) is 0 Å². The molecule has 14 N–H and O–H groups in total. The first-order valence-corrected chi connectivity index (χ1v) is 5.03. The first-order chi connectivity index (χ1) is 8.84. The molecule has 0 rings (SSSR count). The van der Waals surface area contributed by atoms with Crippen LogP contribution in [0.3, 0.4) is 0 Å². The van der Waals surface area contributed by atoms with Gasteiger partial charge in [0.15, 0.2) is 0 Å². The van der Waals surface area contributed by atoms with E-state index in [-0.39, 0.29) is 175 Å². The SMILES string of the molecule is CC(=O)O.CC(=O)O.CC(=O)O.CC(=O)O.NCCN.O.O.O.[H-].[H-].[H-].[K+].[K+].[K+]. The molecule has 0 aliphatic heterocycles. The summed E-state index contributed by atoms with van der Waals surface area (Å²) < 4.78 is 0. The van der Waals surface area contributed by atoms with Crippen molar-refractivity contribution in [2.75, 3.05) is 13.1 Å². The van der Waals surface area contributed by atoms with Crippen molar-refractivity contribution >= 4 is 23.9 Å². The van der Waals surface area contributed by atoms with Gasteiger partial charge in [0.25, 0.3) is 23.9 Å². The maximum atomic E-state index is 9.00. The largest absolute Gasteiger partial charge is 1.00 e. The molecule has 26 heavy (non-hydrogen) atoms. The Morgan fingerprint density at radius 1 is 0.577 bits per heavy atom. The molecule has 0 bridgehead atoms. The predicted molar refractivity (Wildman–Crippen MR) is 85.5 cm³/mol. The summed E-state index contributed by atoms with van der Waals surface area (Å²) >= 11 is 0. The Bertz CT molecular complexity index is 221. The minimum atomic E-state index is -0.833. The molecule has 0 radical (unpaired) electrons. The normalized spacial score (nSPS) is 5.00. The van der Waals surface area contributed by atoms with Crippen molar-refractivity contribution in [2.24, 2.45) is 11.5 Å². The van der Waals surface area contributed by atoms with Gasteiger partial charge in [-0.25, -0.2) is 0 Å². The molecule has 0 aliphatic rings. The predicted octanol–water partition coefficient (Wildman–Crippen LogP) is -11.9. The van der Waals surface area contributed by atoms with Crippen molar-refractivity contribution in [2.45, 2.75) is 27.7 Å². The zero-order valence-electron chi connectivity index (χ0n) is 19.5. The van der Waals surface area contributed by atoms with E-state index in [0.29, 0.717) is 13.1 Å². The van der Waals surface area contributed by atoms with Crippen molar-refractivity contribution in [1.29, 1.82) is 0 Å². The fourth-order valence-corrected chi connectivity index (χ4v) is 0. The molecule has 0 spiro atoms. The Hall–Kier alpha value is 2.59. The maximum absolute atomic E-state index is 9.00. The first kappa shape index (κ1) is 70.3. The van der Waals surface area contributed by atoms with E-state index in [1.807, 2.05) is 0 Å². The zero-order chi connectivity index (χ0) is 17.7. The minimum Gasteiger partial charge on any atom is -1.00 e. The zero-order valence-corrected chi connectivity index (χ0v) is 25.9. The third-order valence-electron chi connectivity index (χ3n) is 0.167. The number of nitrogens with two attached hydrogens (primary N) is 2. The second kappa shape index (κ2) is 70.9. The van der Waals surface area contributed by atoms with Crippen molar-refractivity contribution in [3.8, 4) is 0 Å². The van der Waals surface area contributed by atoms with Crippen molar-refractivity contribution in [3.05, 3.63) is 0 Å². The van der Waals surface area contributed by atoms with E-state index in [1.54, 1.807) is 0 Å². The molecule has 0 atom stereocenters. The number of aliphatic carboxylic acids is 4. The fraction of sp³-hybridized carbons (Fsp3) is 0.600. The Kier molecular flexibility index (Phi) is 192. The van der Waals surface area contributed by atoms with E-state index < -0.39 is 23.9 Å². The van der Waals surface area contributed by atoms with Gasteiger partial charge in [0, 0.05) is 40.8 Å². The van der Waals surface area contributed by atoms with E-state index in [4.69, 9.17) is 51.1 Å². The number of carbonyl (C=O) groups is 4. The monoisotopic (exact) mass is 474 g/mol. The second-order valence-electron chi connectivity index (χ2n) is 2.65. The van der Waals surface area contributed by atoms with Crippen LogP contribution in [0, 0.1) is 0 Å². The summed E-state index contributed by atoms with van der Waals surface area (Å²) in [5, 5.41) is 29.7. The van der Waals surface area contributed by atoms with Crippen LogP contribution in [-0.2, 0) is 19.2 Å². The van der Waals surface area contributed by atoms with Crippen LogP contribution in [0.5, 0.6) is 0 Å². The molecule has 0 fully saturated rings. The van der Waals surface area contributed by atoms with Crippen LogP contribution in [0.1, 0.15) is 32.0 Å². The van der Waals surface area contributed by atoms with Gasteiger partial charge in [0.05, 0.1) is 0 Å². The number of hydrogen-bond donors (Lipinski definition) is 6. The van der Waals surface area contributed by atoms with Gasteiger partial charge in [0.2, 0.25) is 0 Å². The smallest absolute Gasteiger partial charge is 1.00 e. The second-order valence-corrected chi connectivity index (χ2v) is 2.65. The van der Waals surface area contributed by atoms with Gasteiger partial charge in [-0.15, -0.1) is 0 Å². The molecule has 13 nitrogen and oxygen atoms in total. The molecule has 0 unspecified atom stereocenters. The standard InChI is InChI=1S/C2H8N2.4C2H4O2.3K.3H2O.3H/c3-1-2-4;4*1-2(3)4;;;;;;;;;/h1-4H2;4*1H3,(H,3,4);;;;3*1H2;;;/q;;;;;3*+1;;;;3*-1. The van der Waals surface area contributed by atoms with Gasteiger partial charge in [0.1, 0.15) is 0 Å². The molecule has 0 heterocycles. The first-order valence-electron chi connectivity index (χ1n) is 5.03. The van der Waals surface area contributed by atoms with Crippen LogP contribution in [0.25, 0.3) is 0 Å². The number of carboxylic acids is 4. The molecule has 0 aromatic rings. The maximum Gasteiger partial charge on any atom is 1.00 e. The third-order valence-corrected chi connectivity index (χ3v) is 0.167. The van der Waals surface area contributed by atoms with Crippen molar-refractivity contribution in [3.63, 3.8) is 0 Å². The molecular formula is C10H33K3N2O11. The molecule has 152 valence electrons. The molecule has 0 aromatic heterocycles. The Balaban J connectivity index is -0.00000000750. The molecular weight excluding hydrogens is 441 g/mol. The molecule has 0 aromatic carbocycles. The van der Waals surface area contributed by atoms with E-state index in [2.05, 4.69) is 0 Å². The van der Waals surface area contributed by atoms with E-state index >= 15 is 0 Å². The van der Waals surface area contributed by atoms with Crippen LogP contribution in [0.15, 0.2) is 0 Å². The Labute approximate surface area is 284 Å². The summed E-state index contributed by atoms with van der Waals surface area (Å²) in [6.07, 6.45) is 0. The summed E-state index contributed by atoms with van der Waals surface area (Å²) in [6, 6.07) is 0. The number of hydrogen-bond acceptors (Lipinski definition) is 6. The summed E-state index contributed by atoms with van der Waals surface area (Å²) in [5.74, 6) is -3.33. The summed E-state index contributed by atoms with van der Waals surface area (Å²) in [5.41, 5.74) is 9.81. The van der Waals surface area contributed by atoms with Crippen LogP contribution in [-0.4, -0.2) is 73.8 Å². The van der Waals surface area contributed by atoms with Gasteiger partial charge < -0.3 is 52.6 Å². The third kappa shape index (κ3) is 1350. The van der Waals surface area contributed by atoms with E-state index in [0.717, 1.165) is 27.7 Å². The topological polar surface area (TPSA) is 296 Å². The summed E-state index contributed by atoms with van der Waals surface area (Å²) in [6.45, 7) is 5.53. The fourth-order valence-electron chi connectivity index (χ4n) is 0. The molecule has 0 aliphatic carbocycles. The van der Waals surface area contributed by atoms with Crippen LogP contribution in [0.2, 0.25) is 0 Å². The average molecular weight is 475 g/mol. The van der Waals surface area contributed by atoms with Gasteiger partial charge in [-0.2, -0.15) is 0 Å². The molecule has 0 saturated carbocycles. The van der Waals surface area contributed by atoms with Crippen LogP contribution in [0.4, 0.5) is 0 Å². The molecule has 0 saturated heterocycles. The van der Waals surface area contributed by atoms with Crippen molar-refractivity contribution in [1.82, 2.24) is 0 Å². The van der Waals surface area contributed by atoms with Crippen LogP contribution < -0.4 is 166 Å². The number of rotatable bonds is 1. The molecule has 16 heteroatoms. The number of carboxylic acid groups (broad SMARTS) is 4.